The van der Waals surface area contributed by atoms with E-state index in [4.69, 9.17) is 0 Å². The van der Waals surface area contributed by atoms with Crippen molar-refractivity contribution in [1.29, 1.82) is 0 Å². The molecule has 2 amide bonds. The molecule has 1 aromatic carbocycles. The number of carbonyl (C=O) groups excluding carboxylic acids is 1. The fourth-order valence-electron chi connectivity index (χ4n) is 1.31. The van der Waals surface area contributed by atoms with Gasteiger partial charge in [-0.25, -0.2) is 4.79 Å². The fraction of sp³-hybridized carbons (Fsp3) is 0.300. The molecule has 1 fully saturated rings. The zero-order chi connectivity index (χ0) is 12.4. The number of benzene rings is 1. The van der Waals surface area contributed by atoms with Crippen molar-refractivity contribution in [1.82, 2.24) is 5.32 Å². The molecule has 6 nitrogen and oxygen atoms in total. The van der Waals surface area contributed by atoms with Gasteiger partial charge in [0.25, 0.3) is 0 Å². The molecule has 1 aliphatic carbocycles. The molecule has 0 heterocycles. The molecular formula is C10H10FN3O3. The maximum atomic E-state index is 13.2. The molecule has 0 radical (unpaired) electrons. The molecule has 1 aromatic rings. The second-order valence-electron chi connectivity index (χ2n) is 3.80. The Morgan fingerprint density at radius 2 is 2.18 bits per heavy atom. The molecule has 0 bridgehead atoms. The van der Waals surface area contributed by atoms with Crippen molar-refractivity contribution < 1.29 is 14.1 Å². The fourth-order valence-corrected chi connectivity index (χ4v) is 1.31. The van der Waals surface area contributed by atoms with Crippen LogP contribution in [0, 0.1) is 15.9 Å². The number of nitro benzene ring substituents is 1. The molecule has 0 saturated heterocycles. The first-order valence-electron chi connectivity index (χ1n) is 5.08. The van der Waals surface area contributed by atoms with Gasteiger partial charge in [-0.3, -0.25) is 10.1 Å². The van der Waals surface area contributed by atoms with Crippen molar-refractivity contribution >= 4 is 17.4 Å². The summed E-state index contributed by atoms with van der Waals surface area (Å²) < 4.78 is 13.2. The Bertz CT molecular complexity index is 474. The summed E-state index contributed by atoms with van der Waals surface area (Å²) in [6.07, 6.45) is 1.89. The van der Waals surface area contributed by atoms with E-state index in [1.165, 1.54) is 6.07 Å². The minimum absolute atomic E-state index is 0.186. The number of anilines is 1. The molecule has 7 heteroatoms. The highest BCUT2D eigenvalue weighted by atomic mass is 19.1. The maximum Gasteiger partial charge on any atom is 0.319 e. The highest BCUT2D eigenvalue weighted by Crippen LogP contribution is 2.21. The first kappa shape index (κ1) is 11.3. The number of hydrogen-bond acceptors (Lipinski definition) is 3. The van der Waals surface area contributed by atoms with Gasteiger partial charge in [0.1, 0.15) is 0 Å². The summed E-state index contributed by atoms with van der Waals surface area (Å²) in [4.78, 5) is 20.9. The molecule has 17 heavy (non-hydrogen) atoms. The van der Waals surface area contributed by atoms with E-state index in [2.05, 4.69) is 10.6 Å². The lowest BCUT2D eigenvalue weighted by Crippen LogP contribution is -2.30. The van der Waals surface area contributed by atoms with E-state index < -0.39 is 22.5 Å². The van der Waals surface area contributed by atoms with E-state index in [0.717, 1.165) is 25.0 Å². The number of rotatable bonds is 3. The van der Waals surface area contributed by atoms with Gasteiger partial charge < -0.3 is 10.6 Å². The summed E-state index contributed by atoms with van der Waals surface area (Å²) in [5.74, 6) is -0.973. The third-order valence-corrected chi connectivity index (χ3v) is 2.31. The average Bonchev–Trinajstić information content (AvgIpc) is 3.00. The van der Waals surface area contributed by atoms with Gasteiger partial charge in [0.2, 0.25) is 5.82 Å². The van der Waals surface area contributed by atoms with Crippen molar-refractivity contribution in [3.8, 4) is 0 Å². The topological polar surface area (TPSA) is 84.3 Å². The van der Waals surface area contributed by atoms with Crippen LogP contribution in [0.4, 0.5) is 20.6 Å². The molecule has 1 saturated carbocycles. The number of nitrogens with one attached hydrogen (secondary N) is 2. The van der Waals surface area contributed by atoms with Crippen LogP contribution in [0.1, 0.15) is 12.8 Å². The summed E-state index contributed by atoms with van der Waals surface area (Å²) in [5.41, 5.74) is -0.426. The Labute approximate surface area is 96.0 Å². The van der Waals surface area contributed by atoms with Crippen LogP contribution in [0.5, 0.6) is 0 Å². The number of urea groups is 1. The SMILES string of the molecule is O=C(Nc1ccc([N+](=O)[O-])c(F)c1)NC1CC1. The number of hydrogen-bond donors (Lipinski definition) is 2. The van der Waals surface area contributed by atoms with E-state index >= 15 is 0 Å². The standard InChI is InChI=1S/C10H10FN3O3/c11-8-5-7(3-4-9(8)14(16)17)13-10(15)12-6-1-2-6/h3-6H,1-2H2,(H2,12,13,15). The Kier molecular flexibility index (Phi) is 2.90. The van der Waals surface area contributed by atoms with Crippen LogP contribution < -0.4 is 10.6 Å². The molecule has 1 aliphatic rings. The Morgan fingerprint density at radius 3 is 2.71 bits per heavy atom. The lowest BCUT2D eigenvalue weighted by atomic mass is 10.2. The summed E-state index contributed by atoms with van der Waals surface area (Å²) in [6.45, 7) is 0. The smallest absolute Gasteiger partial charge is 0.319 e. The van der Waals surface area contributed by atoms with Crippen LogP contribution in [0.3, 0.4) is 0 Å². The molecule has 0 unspecified atom stereocenters. The number of carbonyl (C=O) groups is 1. The first-order chi connectivity index (χ1) is 8.06. The minimum atomic E-state index is -0.973. The highest BCUT2D eigenvalue weighted by molar-refractivity contribution is 5.89. The van der Waals surface area contributed by atoms with E-state index in [9.17, 15) is 19.3 Å². The van der Waals surface area contributed by atoms with Gasteiger partial charge in [0.15, 0.2) is 0 Å². The van der Waals surface area contributed by atoms with Gasteiger partial charge in [-0.2, -0.15) is 4.39 Å². The van der Waals surface area contributed by atoms with Crippen molar-refractivity contribution in [2.45, 2.75) is 18.9 Å². The van der Waals surface area contributed by atoms with Crippen molar-refractivity contribution in [2.75, 3.05) is 5.32 Å². The zero-order valence-corrected chi connectivity index (χ0v) is 8.77. The maximum absolute atomic E-state index is 13.2. The normalized spacial score (nSPS) is 14.2. The lowest BCUT2D eigenvalue weighted by molar-refractivity contribution is -0.387. The molecule has 0 atom stereocenters. The van der Waals surface area contributed by atoms with E-state index in [0.29, 0.717) is 0 Å². The van der Waals surface area contributed by atoms with Gasteiger partial charge in [-0.1, -0.05) is 0 Å². The van der Waals surface area contributed by atoms with Crippen molar-refractivity contribution in [2.24, 2.45) is 0 Å². The predicted molar refractivity (Wildman–Crippen MR) is 58.2 cm³/mol. The van der Waals surface area contributed by atoms with Crippen molar-refractivity contribution in [3.63, 3.8) is 0 Å². The van der Waals surface area contributed by atoms with Gasteiger partial charge >= 0.3 is 11.7 Å². The van der Waals surface area contributed by atoms with Crippen LogP contribution in [-0.4, -0.2) is 17.0 Å². The van der Waals surface area contributed by atoms with Gasteiger partial charge in [0.05, 0.1) is 4.92 Å². The van der Waals surface area contributed by atoms with Gasteiger partial charge in [0, 0.05) is 23.9 Å². The van der Waals surface area contributed by atoms with E-state index in [-0.39, 0.29) is 11.7 Å². The Balaban J connectivity index is 2.03. The number of nitrogens with zero attached hydrogens (tertiary/aromatic N) is 1. The number of halogens is 1. The summed E-state index contributed by atoms with van der Waals surface area (Å²) in [6, 6.07) is 2.99. The highest BCUT2D eigenvalue weighted by Gasteiger charge is 2.23. The van der Waals surface area contributed by atoms with Crippen LogP contribution in [0.25, 0.3) is 0 Å². The summed E-state index contributed by atoms with van der Waals surface area (Å²) >= 11 is 0. The first-order valence-corrected chi connectivity index (χ1v) is 5.08. The lowest BCUT2D eigenvalue weighted by Gasteiger charge is -2.06. The minimum Gasteiger partial charge on any atom is -0.335 e. The quantitative estimate of drug-likeness (QED) is 0.625. The second-order valence-corrected chi connectivity index (χ2v) is 3.80. The van der Waals surface area contributed by atoms with E-state index in [1.807, 2.05) is 0 Å². The third-order valence-electron chi connectivity index (χ3n) is 2.31. The summed E-state index contributed by atoms with van der Waals surface area (Å²) in [7, 11) is 0. The van der Waals surface area contributed by atoms with Crippen LogP contribution in [0.2, 0.25) is 0 Å². The molecule has 0 spiro atoms. The molecular weight excluding hydrogens is 229 g/mol. The molecule has 2 N–H and O–H groups in total. The molecule has 0 aromatic heterocycles. The largest absolute Gasteiger partial charge is 0.335 e. The third kappa shape index (κ3) is 2.90. The van der Waals surface area contributed by atoms with Crippen LogP contribution in [-0.2, 0) is 0 Å². The molecule has 90 valence electrons. The molecule has 2 rings (SSSR count). The Morgan fingerprint density at radius 1 is 1.47 bits per heavy atom. The average molecular weight is 239 g/mol. The zero-order valence-electron chi connectivity index (χ0n) is 8.77. The number of nitro groups is 1. The van der Waals surface area contributed by atoms with Gasteiger partial charge in [-0.05, 0) is 18.9 Å². The van der Waals surface area contributed by atoms with Crippen molar-refractivity contribution in [3.05, 3.63) is 34.1 Å². The number of amides is 2. The van der Waals surface area contributed by atoms with Crippen LogP contribution >= 0.6 is 0 Å². The molecule has 0 aliphatic heterocycles. The summed E-state index contributed by atoms with van der Waals surface area (Å²) in [5, 5.41) is 15.4. The monoisotopic (exact) mass is 239 g/mol. The van der Waals surface area contributed by atoms with E-state index in [1.54, 1.807) is 0 Å². The Hall–Kier alpha value is -2.18. The predicted octanol–water partition coefficient (Wildman–Crippen LogP) is 2.02. The van der Waals surface area contributed by atoms with Gasteiger partial charge in [-0.15, -0.1) is 0 Å². The second kappa shape index (κ2) is 4.36. The van der Waals surface area contributed by atoms with Crippen LogP contribution in [0.15, 0.2) is 18.2 Å².